The van der Waals surface area contributed by atoms with Gasteiger partial charge in [-0.2, -0.15) is 9.90 Å². The van der Waals surface area contributed by atoms with Crippen molar-refractivity contribution in [3.05, 3.63) is 12.2 Å². The second kappa shape index (κ2) is 6.13. The second-order valence-electron chi connectivity index (χ2n) is 1.81. The Balaban J connectivity index is 2.98. The number of allylic oxidation sites excluding steroid dienone is 2. The van der Waals surface area contributed by atoms with Crippen molar-refractivity contribution in [3.63, 3.8) is 0 Å². The second-order valence-corrected chi connectivity index (χ2v) is 1.81. The van der Waals surface area contributed by atoms with Gasteiger partial charge in [-0.1, -0.05) is 12.2 Å². The lowest BCUT2D eigenvalue weighted by Crippen LogP contribution is -1.99. The highest BCUT2D eigenvalue weighted by molar-refractivity contribution is 5.56. The van der Waals surface area contributed by atoms with Crippen LogP contribution in [-0.2, 0) is 9.84 Å². The number of hydrogen-bond acceptors (Lipinski definition) is 2. The van der Waals surface area contributed by atoms with Gasteiger partial charge in [0.2, 0.25) is 0 Å². The van der Waals surface area contributed by atoms with E-state index in [2.05, 4.69) is 4.74 Å². The van der Waals surface area contributed by atoms with Crippen LogP contribution in [0.4, 0.5) is 4.79 Å². The maximum absolute atomic E-state index is 9.68. The highest BCUT2D eigenvalue weighted by atomic mass is 16.7. The molecule has 0 heterocycles. The van der Waals surface area contributed by atoms with Gasteiger partial charge in [0.1, 0.15) is 0 Å². The zero-order valence-corrected chi connectivity index (χ0v) is 6.00. The van der Waals surface area contributed by atoms with E-state index in [4.69, 9.17) is 0 Å². The van der Waals surface area contributed by atoms with Gasteiger partial charge in [0.25, 0.3) is 0 Å². The molecule has 0 amide bonds. The molecule has 0 aliphatic heterocycles. The molecule has 0 rings (SSSR count). The fourth-order valence-electron chi connectivity index (χ4n) is 0.523. The van der Waals surface area contributed by atoms with Gasteiger partial charge in [-0.25, -0.2) is 0 Å². The van der Waals surface area contributed by atoms with Crippen LogP contribution in [0.1, 0.15) is 19.8 Å². The Kier molecular flexibility index (Phi) is 5.53. The zero-order chi connectivity index (χ0) is 7.82. The van der Waals surface area contributed by atoms with Crippen molar-refractivity contribution in [2.24, 2.45) is 0 Å². The first-order valence-corrected chi connectivity index (χ1v) is 3.22. The van der Waals surface area contributed by atoms with Crippen LogP contribution in [0.3, 0.4) is 0 Å². The highest BCUT2D eigenvalue weighted by Gasteiger charge is 1.95. The Labute approximate surface area is 60.3 Å². The summed E-state index contributed by atoms with van der Waals surface area (Å²) in [6.45, 7) is 2.15. The quantitative estimate of drug-likeness (QED) is 0.343. The minimum absolute atomic E-state index is 0.229. The summed E-state index contributed by atoms with van der Waals surface area (Å²) in [5.41, 5.74) is 0. The summed E-state index contributed by atoms with van der Waals surface area (Å²) >= 11 is 0. The van der Waals surface area contributed by atoms with Crippen LogP contribution in [0.5, 0.6) is 0 Å². The number of carbonyl (C=O) groups excluding carboxylic acids is 1. The number of ether oxygens (including phenoxy) is 1. The highest BCUT2D eigenvalue weighted by Crippen LogP contribution is 1.91. The lowest BCUT2D eigenvalue weighted by molar-refractivity contribution is 0.0672. The van der Waals surface area contributed by atoms with E-state index in [0.717, 1.165) is 12.8 Å². The molecule has 0 saturated carbocycles. The first-order valence-electron chi connectivity index (χ1n) is 3.22. The van der Waals surface area contributed by atoms with Crippen molar-refractivity contribution in [2.45, 2.75) is 19.8 Å². The van der Waals surface area contributed by atoms with Gasteiger partial charge < -0.3 is 4.74 Å². The molecule has 0 aliphatic carbocycles. The normalized spacial score (nSPS) is 10.1. The van der Waals surface area contributed by atoms with Crippen molar-refractivity contribution in [3.8, 4) is 0 Å². The fraction of sp³-hybridized carbons (Fsp3) is 0.571. The number of unbranched alkanes of at least 4 members (excludes halogenated alkanes) is 1. The number of carbonyl (C=O) groups is 1. The van der Waals surface area contributed by atoms with E-state index >= 15 is 0 Å². The zero-order valence-electron chi connectivity index (χ0n) is 6.00. The van der Waals surface area contributed by atoms with E-state index in [-0.39, 0.29) is 6.61 Å². The fourth-order valence-corrected chi connectivity index (χ4v) is 0.523. The summed E-state index contributed by atoms with van der Waals surface area (Å²) < 4.78 is 4.16. The van der Waals surface area contributed by atoms with Crippen molar-refractivity contribution in [2.75, 3.05) is 6.61 Å². The van der Waals surface area contributed by atoms with Crippen LogP contribution >= 0.6 is 0 Å². The van der Waals surface area contributed by atoms with E-state index < -0.39 is 6.16 Å². The molecule has 10 heavy (non-hydrogen) atoms. The Morgan fingerprint density at radius 3 is 2.80 bits per heavy atom. The maximum atomic E-state index is 9.68. The average Bonchev–Trinajstić information content (AvgIpc) is 1.87. The lowest BCUT2D eigenvalue weighted by Gasteiger charge is -1.94. The first-order chi connectivity index (χ1) is 4.77. The molecule has 0 aliphatic rings. The van der Waals surface area contributed by atoms with Crippen LogP contribution in [0, 0.1) is 0 Å². The summed E-state index contributed by atoms with van der Waals surface area (Å²) in [7, 11) is 0. The third-order valence-electron chi connectivity index (χ3n) is 0.971. The third kappa shape index (κ3) is 7.01. The SMILES string of the molecule is C/C=C/CCCOC([O])=O. The molecule has 0 atom stereocenters. The summed E-state index contributed by atoms with van der Waals surface area (Å²) in [6, 6.07) is 0. The van der Waals surface area contributed by atoms with Crippen LogP contribution in [0.2, 0.25) is 0 Å². The van der Waals surface area contributed by atoms with Crippen LogP contribution < -0.4 is 0 Å². The Bertz CT molecular complexity index is 118. The summed E-state index contributed by atoms with van der Waals surface area (Å²) in [4.78, 5) is 9.68. The van der Waals surface area contributed by atoms with Gasteiger partial charge in [-0.15, -0.1) is 0 Å². The van der Waals surface area contributed by atoms with Crippen LogP contribution in [-0.4, -0.2) is 12.8 Å². The van der Waals surface area contributed by atoms with Crippen molar-refractivity contribution in [1.29, 1.82) is 0 Å². The van der Waals surface area contributed by atoms with Gasteiger partial charge in [-0.3, -0.25) is 0 Å². The van der Waals surface area contributed by atoms with Gasteiger partial charge in [0.15, 0.2) is 0 Å². The monoisotopic (exact) mass is 143 g/mol. The van der Waals surface area contributed by atoms with Crippen molar-refractivity contribution >= 4 is 6.16 Å². The average molecular weight is 143 g/mol. The van der Waals surface area contributed by atoms with Gasteiger partial charge in [0, 0.05) is 0 Å². The molecule has 0 bridgehead atoms. The summed E-state index contributed by atoms with van der Waals surface area (Å²) in [5, 5.41) is 9.68. The van der Waals surface area contributed by atoms with Gasteiger partial charge in [0.05, 0.1) is 6.61 Å². The van der Waals surface area contributed by atoms with Gasteiger partial charge >= 0.3 is 6.16 Å². The minimum atomic E-state index is -1.44. The molecule has 0 aromatic heterocycles. The lowest BCUT2D eigenvalue weighted by atomic mass is 10.3. The molecule has 0 spiro atoms. The Hall–Kier alpha value is -0.990. The largest absolute Gasteiger partial charge is 0.549 e. The predicted octanol–water partition coefficient (Wildman–Crippen LogP) is 1.91. The van der Waals surface area contributed by atoms with E-state index in [9.17, 15) is 9.90 Å². The molecule has 57 valence electrons. The van der Waals surface area contributed by atoms with E-state index in [1.807, 2.05) is 19.1 Å². The Morgan fingerprint density at radius 2 is 2.30 bits per heavy atom. The van der Waals surface area contributed by atoms with E-state index in [1.54, 1.807) is 0 Å². The summed E-state index contributed by atoms with van der Waals surface area (Å²) in [6.07, 6.45) is 4.00. The number of hydrogen-bond donors (Lipinski definition) is 0. The van der Waals surface area contributed by atoms with Crippen LogP contribution in [0.25, 0.3) is 0 Å². The van der Waals surface area contributed by atoms with E-state index in [0.29, 0.717) is 0 Å². The molecule has 0 N–H and O–H groups in total. The maximum Gasteiger partial charge on any atom is 0.549 e. The molecule has 0 fully saturated rings. The van der Waals surface area contributed by atoms with Crippen molar-refractivity contribution < 1.29 is 14.6 Å². The molecule has 3 heteroatoms. The third-order valence-corrected chi connectivity index (χ3v) is 0.971. The predicted molar refractivity (Wildman–Crippen MR) is 36.1 cm³/mol. The van der Waals surface area contributed by atoms with Crippen molar-refractivity contribution in [1.82, 2.24) is 0 Å². The molecule has 1 radical (unpaired) electrons. The topological polar surface area (TPSA) is 46.2 Å². The molecular weight excluding hydrogens is 132 g/mol. The van der Waals surface area contributed by atoms with Crippen LogP contribution in [0.15, 0.2) is 12.2 Å². The summed E-state index contributed by atoms with van der Waals surface area (Å²) in [5.74, 6) is 0. The van der Waals surface area contributed by atoms with Gasteiger partial charge in [-0.05, 0) is 19.8 Å². The molecule has 0 aromatic rings. The standard InChI is InChI=1S/C7H11O3/c1-2-3-4-5-6-10-7(8)9/h2-3H,4-6H2,1H3/b3-2+. The minimum Gasteiger partial charge on any atom is -0.432 e. The van der Waals surface area contributed by atoms with E-state index in [1.165, 1.54) is 0 Å². The molecule has 0 unspecified atom stereocenters. The Morgan fingerprint density at radius 1 is 1.60 bits per heavy atom. The smallest absolute Gasteiger partial charge is 0.432 e. The first kappa shape index (κ1) is 9.01. The molecule has 0 aromatic carbocycles. The molecule has 0 saturated heterocycles. The molecular formula is C7H11O3. The molecule has 3 nitrogen and oxygen atoms in total. The number of rotatable bonds is 4.